The Balaban J connectivity index is 0.979. The Morgan fingerprint density at radius 2 is 0.485 bits per heavy atom. The Bertz CT molecular complexity index is 7810. The fourth-order valence-electron chi connectivity index (χ4n) is 20.8. The minimum atomic E-state index is -0.416. The van der Waals surface area contributed by atoms with Crippen molar-refractivity contribution in [3.05, 3.63) is 379 Å². The van der Waals surface area contributed by atoms with Gasteiger partial charge in [-0.2, -0.15) is 0 Å². The van der Waals surface area contributed by atoms with E-state index in [0.717, 1.165) is 195 Å². The summed E-state index contributed by atoms with van der Waals surface area (Å²) < 4.78 is 21.3. The van der Waals surface area contributed by atoms with Gasteiger partial charge in [0, 0.05) is 77.3 Å². The maximum absolute atomic E-state index is 7.13. The highest BCUT2D eigenvalue weighted by Gasteiger charge is 2.47. The molecule has 132 heavy (non-hydrogen) atoms. The first kappa shape index (κ1) is 83.4. The summed E-state index contributed by atoms with van der Waals surface area (Å²) in [6.45, 7) is 42.2. The molecule has 0 bridgehead atoms. The lowest BCUT2D eigenvalue weighted by atomic mass is 9.33. The van der Waals surface area contributed by atoms with Crippen molar-refractivity contribution >= 4 is 123 Å². The van der Waals surface area contributed by atoms with Gasteiger partial charge in [0.05, 0.1) is 11.4 Å². The zero-order valence-corrected chi connectivity index (χ0v) is 79.1. The molecule has 5 heterocycles. The monoisotopic (exact) mass is 1710 g/mol. The lowest BCUT2D eigenvalue weighted by molar-refractivity contribution is 0.568. The average molecular weight is 1710 g/mol. The van der Waals surface area contributed by atoms with Crippen molar-refractivity contribution < 1.29 is 13.3 Å². The molecular formula is C126H111BN2O3. The van der Waals surface area contributed by atoms with Crippen molar-refractivity contribution in [3.63, 3.8) is 0 Å². The van der Waals surface area contributed by atoms with Crippen molar-refractivity contribution in [3.8, 4) is 100 Å². The lowest BCUT2D eigenvalue weighted by Crippen LogP contribution is -2.61. The van der Waals surface area contributed by atoms with E-state index in [4.69, 9.17) is 13.3 Å². The van der Waals surface area contributed by atoms with Gasteiger partial charge in [0.15, 0.2) is 0 Å². The van der Waals surface area contributed by atoms with Crippen LogP contribution in [0.15, 0.2) is 359 Å². The Kier molecular flexibility index (Phi) is 19.4. The molecule has 22 rings (SSSR count). The Morgan fingerprint density at radius 3 is 0.886 bits per heavy atom. The zero-order chi connectivity index (χ0) is 91.1. The van der Waals surface area contributed by atoms with Gasteiger partial charge >= 0.3 is 0 Å². The van der Waals surface area contributed by atoms with Gasteiger partial charge in [0.1, 0.15) is 33.5 Å². The molecule has 20 aromatic rings. The van der Waals surface area contributed by atoms with E-state index in [0.29, 0.717) is 0 Å². The van der Waals surface area contributed by atoms with Crippen LogP contribution in [0.2, 0.25) is 0 Å². The summed E-state index contributed by atoms with van der Waals surface area (Å²) in [7, 11) is 0. The summed E-state index contributed by atoms with van der Waals surface area (Å²) in [5.74, 6) is 0. The molecule has 0 fully saturated rings. The average Bonchev–Trinajstić information content (AvgIpc) is 0.705. The quantitative estimate of drug-likeness (QED) is 0.121. The number of hydrogen-bond donors (Lipinski definition) is 0. The summed E-state index contributed by atoms with van der Waals surface area (Å²) in [5.41, 5.74) is 40.9. The van der Waals surface area contributed by atoms with E-state index < -0.39 is 6.71 Å². The highest BCUT2D eigenvalue weighted by atomic mass is 16.3. The normalized spacial score (nSPS) is 13.2. The van der Waals surface area contributed by atoms with E-state index >= 15 is 0 Å². The summed E-state index contributed by atoms with van der Waals surface area (Å²) in [4.78, 5) is 5.54. The van der Waals surface area contributed by atoms with Crippen molar-refractivity contribution in [2.24, 2.45) is 0 Å². The summed E-state index contributed by atoms with van der Waals surface area (Å²) in [5, 5.41) is 6.35. The van der Waals surface area contributed by atoms with Crippen molar-refractivity contribution in [1.82, 2.24) is 0 Å². The van der Waals surface area contributed by atoms with Gasteiger partial charge < -0.3 is 23.1 Å². The topological polar surface area (TPSA) is 45.9 Å². The highest BCUT2D eigenvalue weighted by Crippen LogP contribution is 2.59. The van der Waals surface area contributed by atoms with Crippen LogP contribution in [0.3, 0.4) is 0 Å². The SMILES string of the molecule is CC(C)(C)c1cc(-c2ccc3c(c2)N(c2c(-c4cccc5oc6ccccc6c45)cc(C(C)(C)C)cc2-c2cccc4oc5ccccc5c24)c2cc(-c4cc(C(C)(C)C)cc(C(C)(C)C)c4)cc4c2B3c2cc(-c3cc(-c5ccccc5)cc(-c5ccccc5)c3)ccc2N4c2c(-c3ccccc3)cc(C(C)(C)C)cc2-c2cccc3oc4ccccc4c23)cc(C(C)(C)C)c1. The number of fused-ring (bicyclic) bond motifs is 13. The predicted octanol–water partition coefficient (Wildman–Crippen LogP) is 34.3. The largest absolute Gasteiger partial charge is 0.456 e. The van der Waals surface area contributed by atoms with Crippen LogP contribution in [0.5, 0.6) is 0 Å². The first-order valence-electron chi connectivity index (χ1n) is 47.0. The van der Waals surface area contributed by atoms with E-state index in [2.05, 4.69) is 480 Å². The number of nitrogens with zero attached hydrogens (tertiary/aromatic N) is 2. The molecule has 0 radical (unpaired) electrons. The molecule has 646 valence electrons. The van der Waals surface area contributed by atoms with Crippen molar-refractivity contribution in [2.45, 2.75) is 157 Å². The van der Waals surface area contributed by atoms with E-state index in [1.807, 2.05) is 0 Å². The van der Waals surface area contributed by atoms with Gasteiger partial charge in [-0.05, 0) is 263 Å². The molecule has 2 aliphatic rings. The van der Waals surface area contributed by atoms with Crippen LogP contribution >= 0.6 is 0 Å². The molecular weight excluding hydrogens is 1600 g/mol. The zero-order valence-electron chi connectivity index (χ0n) is 79.1. The molecule has 0 saturated carbocycles. The van der Waals surface area contributed by atoms with Gasteiger partial charge in [-0.3, -0.25) is 0 Å². The Labute approximate surface area is 777 Å². The van der Waals surface area contributed by atoms with Gasteiger partial charge in [-0.15, -0.1) is 0 Å². The van der Waals surface area contributed by atoms with E-state index in [1.54, 1.807) is 0 Å². The Morgan fingerprint density at radius 1 is 0.189 bits per heavy atom. The van der Waals surface area contributed by atoms with Crippen LogP contribution in [-0.4, -0.2) is 6.71 Å². The van der Waals surface area contributed by atoms with Crippen LogP contribution in [0.25, 0.3) is 166 Å². The number of para-hydroxylation sites is 3. The van der Waals surface area contributed by atoms with Crippen LogP contribution in [0, 0.1) is 0 Å². The molecule has 0 atom stereocenters. The highest BCUT2D eigenvalue weighted by molar-refractivity contribution is 7.00. The van der Waals surface area contributed by atoms with E-state index in [-0.39, 0.29) is 32.5 Å². The third-order valence-electron chi connectivity index (χ3n) is 28.1. The van der Waals surface area contributed by atoms with Gasteiger partial charge in [-0.25, -0.2) is 0 Å². The predicted molar refractivity (Wildman–Crippen MR) is 563 cm³/mol. The fourth-order valence-corrected chi connectivity index (χ4v) is 20.8. The second-order valence-electron chi connectivity index (χ2n) is 43.2. The molecule has 5 nitrogen and oxygen atoms in total. The van der Waals surface area contributed by atoms with Crippen LogP contribution < -0.4 is 26.2 Å². The van der Waals surface area contributed by atoms with Crippen molar-refractivity contribution in [1.29, 1.82) is 0 Å². The second-order valence-corrected chi connectivity index (χ2v) is 43.2. The molecule has 2 aliphatic heterocycles. The standard InChI is InChI=1S/C126H111BN2O3/c1-121(2,3)87-62-84(63-88(70-87)122(4,5)6)80-55-57-103-106(67-80)129(120-101(94-47-35-53-113-116(94)97-44-29-32-50-110(97)131-113)74-92(126(16,17)18)75-102(120)95-48-36-54-114-117(95)98-45-30-33-51-111(98)132-114)108-69-86(85-64-89(123(7,8)9)71-90(65-85)124(10,11)12)68-107-118(108)127(103)104-66-79(83-60-81(76-37-22-19-23-38-76)59-82(61-83)77-39-24-20-25-40-77)56-58-105(104)128(107)119-99(78-41-26-21-27-42-78)72-91(125(13,14)15)73-100(119)93-46-34-52-112-115(93)96-43-28-31-49-109(96)130-112/h19-75H,1-18H3. The van der Waals surface area contributed by atoms with Crippen molar-refractivity contribution in [2.75, 3.05) is 9.80 Å². The smallest absolute Gasteiger partial charge is 0.252 e. The van der Waals surface area contributed by atoms with Gasteiger partial charge in [0.25, 0.3) is 6.71 Å². The molecule has 0 spiro atoms. The van der Waals surface area contributed by atoms with Crippen LogP contribution in [0.1, 0.15) is 158 Å². The first-order valence-corrected chi connectivity index (χ1v) is 47.0. The molecule has 3 aromatic heterocycles. The lowest BCUT2D eigenvalue weighted by Gasteiger charge is -2.46. The fraction of sp³-hybridized carbons (Fsp3) is 0.190. The third-order valence-corrected chi connectivity index (χ3v) is 28.1. The van der Waals surface area contributed by atoms with Crippen LogP contribution in [0.4, 0.5) is 34.1 Å². The molecule has 0 unspecified atom stereocenters. The van der Waals surface area contributed by atoms with Gasteiger partial charge in [0.2, 0.25) is 0 Å². The number of furan rings is 3. The number of rotatable bonds is 11. The molecule has 0 N–H and O–H groups in total. The maximum atomic E-state index is 7.13. The molecule has 0 aliphatic carbocycles. The van der Waals surface area contributed by atoms with E-state index in [1.165, 1.54) is 55.3 Å². The summed E-state index contributed by atoms with van der Waals surface area (Å²) in [6.07, 6.45) is 0. The molecule has 0 amide bonds. The number of anilines is 6. The van der Waals surface area contributed by atoms with E-state index in [9.17, 15) is 0 Å². The molecule has 6 heteroatoms. The van der Waals surface area contributed by atoms with Crippen LogP contribution in [-0.2, 0) is 32.5 Å². The summed E-state index contributed by atoms with van der Waals surface area (Å²) in [6, 6.07) is 132. The third kappa shape index (κ3) is 14.3. The Hall–Kier alpha value is -14.2. The number of benzene rings is 17. The van der Waals surface area contributed by atoms with Gasteiger partial charge in [-0.1, -0.05) is 367 Å². The maximum Gasteiger partial charge on any atom is 0.252 e. The molecule has 17 aromatic carbocycles. The molecule has 0 saturated heterocycles. The minimum absolute atomic E-state index is 0.182. The minimum Gasteiger partial charge on any atom is -0.456 e. The first-order chi connectivity index (χ1) is 63.2. The second kappa shape index (κ2) is 30.7. The number of hydrogen-bond acceptors (Lipinski definition) is 5. The summed E-state index contributed by atoms with van der Waals surface area (Å²) >= 11 is 0.